The molecule has 2 rings (SSSR count). The average molecular weight is 203 g/mol. The van der Waals surface area contributed by atoms with Gasteiger partial charge in [0.25, 0.3) is 0 Å². The van der Waals surface area contributed by atoms with Crippen molar-refractivity contribution in [2.75, 3.05) is 12.8 Å². The van der Waals surface area contributed by atoms with E-state index in [0.29, 0.717) is 5.69 Å². The number of methoxy groups -OCH3 is 1. The summed E-state index contributed by atoms with van der Waals surface area (Å²) in [4.78, 5) is 0. The highest BCUT2D eigenvalue weighted by Crippen LogP contribution is 2.17. The van der Waals surface area contributed by atoms with Crippen molar-refractivity contribution >= 4 is 5.69 Å². The van der Waals surface area contributed by atoms with Crippen molar-refractivity contribution in [3.8, 4) is 5.75 Å². The Kier molecular flexibility index (Phi) is 2.58. The van der Waals surface area contributed by atoms with Crippen LogP contribution in [0.15, 0.2) is 30.5 Å². The van der Waals surface area contributed by atoms with E-state index in [1.165, 1.54) is 0 Å². The molecule has 0 amide bonds. The van der Waals surface area contributed by atoms with E-state index in [1.807, 2.05) is 24.3 Å². The maximum Gasteiger partial charge on any atom is 0.119 e. The van der Waals surface area contributed by atoms with Crippen LogP contribution in [0.3, 0.4) is 0 Å². The van der Waals surface area contributed by atoms with E-state index in [4.69, 9.17) is 10.5 Å². The van der Waals surface area contributed by atoms with Gasteiger partial charge in [0.2, 0.25) is 0 Å². The first kappa shape index (κ1) is 9.58. The molecule has 1 aromatic heterocycles. The molecule has 0 aliphatic rings. The van der Waals surface area contributed by atoms with Gasteiger partial charge in [-0.05, 0) is 17.7 Å². The minimum absolute atomic E-state index is 0.692. The molecule has 0 spiro atoms. The molecule has 0 saturated heterocycles. The summed E-state index contributed by atoms with van der Waals surface area (Å²) in [6, 6.07) is 7.89. The minimum atomic E-state index is 0.692. The summed E-state index contributed by atoms with van der Waals surface area (Å²) in [5.41, 5.74) is 8.50. The largest absolute Gasteiger partial charge is 0.497 e. The third kappa shape index (κ3) is 2.10. The van der Waals surface area contributed by atoms with Crippen LogP contribution >= 0.6 is 0 Å². The van der Waals surface area contributed by atoms with Crippen molar-refractivity contribution in [2.45, 2.75) is 6.42 Å². The monoisotopic (exact) mass is 203 g/mol. The van der Waals surface area contributed by atoms with Gasteiger partial charge < -0.3 is 10.5 Å². The van der Waals surface area contributed by atoms with E-state index in [9.17, 15) is 0 Å². The summed E-state index contributed by atoms with van der Waals surface area (Å²) in [5, 5.41) is 6.75. The Morgan fingerprint density at radius 1 is 1.47 bits per heavy atom. The van der Waals surface area contributed by atoms with Gasteiger partial charge in [-0.2, -0.15) is 5.10 Å². The molecule has 0 aliphatic heterocycles. The third-order valence-corrected chi connectivity index (χ3v) is 2.27. The van der Waals surface area contributed by atoms with Gasteiger partial charge in [-0.1, -0.05) is 12.1 Å². The number of H-pyrrole nitrogens is 1. The van der Waals surface area contributed by atoms with E-state index in [1.54, 1.807) is 13.3 Å². The highest BCUT2D eigenvalue weighted by Gasteiger charge is 2.03. The molecule has 0 radical (unpaired) electrons. The maximum atomic E-state index is 5.73. The zero-order valence-electron chi connectivity index (χ0n) is 8.53. The molecular formula is C11H13N3O. The molecular weight excluding hydrogens is 190 g/mol. The second-order valence-electron chi connectivity index (χ2n) is 3.33. The van der Waals surface area contributed by atoms with Gasteiger partial charge in [0.05, 0.1) is 24.7 Å². The molecule has 0 fully saturated rings. The highest BCUT2D eigenvalue weighted by molar-refractivity contribution is 5.43. The van der Waals surface area contributed by atoms with Crippen LogP contribution < -0.4 is 10.5 Å². The van der Waals surface area contributed by atoms with Crippen LogP contribution in [0.5, 0.6) is 5.75 Å². The summed E-state index contributed by atoms with van der Waals surface area (Å²) in [5.74, 6) is 0.852. The van der Waals surface area contributed by atoms with Gasteiger partial charge in [-0.3, -0.25) is 5.10 Å². The van der Waals surface area contributed by atoms with Crippen molar-refractivity contribution in [3.63, 3.8) is 0 Å². The molecule has 0 aliphatic carbocycles. The zero-order valence-corrected chi connectivity index (χ0v) is 8.53. The average Bonchev–Trinajstić information content (AvgIpc) is 2.65. The smallest absolute Gasteiger partial charge is 0.119 e. The number of nitrogens with two attached hydrogens (primary N) is 1. The van der Waals surface area contributed by atoms with Gasteiger partial charge in [0.15, 0.2) is 0 Å². The third-order valence-electron chi connectivity index (χ3n) is 2.27. The normalized spacial score (nSPS) is 10.2. The number of benzene rings is 1. The SMILES string of the molecule is COc1cccc(Cc2[nH]ncc2N)c1. The van der Waals surface area contributed by atoms with Gasteiger partial charge in [-0.25, -0.2) is 0 Å². The van der Waals surface area contributed by atoms with Crippen molar-refractivity contribution in [2.24, 2.45) is 0 Å². The van der Waals surface area contributed by atoms with Crippen LogP contribution in [0.2, 0.25) is 0 Å². The lowest BCUT2D eigenvalue weighted by Gasteiger charge is -2.03. The Balaban J connectivity index is 2.21. The Bertz CT molecular complexity index is 451. The number of anilines is 1. The number of hydrogen-bond acceptors (Lipinski definition) is 3. The fraction of sp³-hybridized carbons (Fsp3) is 0.182. The summed E-state index contributed by atoms with van der Waals surface area (Å²) in [6.07, 6.45) is 2.36. The minimum Gasteiger partial charge on any atom is -0.497 e. The second-order valence-corrected chi connectivity index (χ2v) is 3.33. The Hall–Kier alpha value is -1.97. The molecule has 78 valence electrons. The molecule has 4 nitrogen and oxygen atoms in total. The van der Waals surface area contributed by atoms with Crippen LogP contribution in [-0.2, 0) is 6.42 Å². The number of nitrogen functional groups attached to an aromatic ring is 1. The second kappa shape index (κ2) is 4.04. The molecule has 4 heteroatoms. The number of nitrogens with one attached hydrogen (secondary N) is 1. The van der Waals surface area contributed by atoms with Crippen LogP contribution in [0.4, 0.5) is 5.69 Å². The molecule has 1 heterocycles. The van der Waals surface area contributed by atoms with E-state index in [0.717, 1.165) is 23.4 Å². The van der Waals surface area contributed by atoms with Gasteiger partial charge in [-0.15, -0.1) is 0 Å². The predicted molar refractivity (Wildman–Crippen MR) is 58.8 cm³/mol. The zero-order chi connectivity index (χ0) is 10.7. The highest BCUT2D eigenvalue weighted by atomic mass is 16.5. The molecule has 3 N–H and O–H groups in total. The first-order valence-corrected chi connectivity index (χ1v) is 4.70. The van der Waals surface area contributed by atoms with Gasteiger partial charge >= 0.3 is 0 Å². The molecule has 0 atom stereocenters. The van der Waals surface area contributed by atoms with E-state index < -0.39 is 0 Å². The Morgan fingerprint density at radius 2 is 2.33 bits per heavy atom. The van der Waals surface area contributed by atoms with E-state index >= 15 is 0 Å². The topological polar surface area (TPSA) is 63.9 Å². The van der Waals surface area contributed by atoms with Crippen molar-refractivity contribution in [1.82, 2.24) is 10.2 Å². The Labute approximate surface area is 88.1 Å². The standard InChI is InChI=1S/C11H13N3O/c1-15-9-4-2-3-8(5-9)6-11-10(12)7-13-14-11/h2-5,7H,6,12H2,1H3,(H,13,14). The summed E-state index contributed by atoms with van der Waals surface area (Å²) in [7, 11) is 1.66. The lowest BCUT2D eigenvalue weighted by molar-refractivity contribution is 0.414. The molecule has 1 aromatic carbocycles. The van der Waals surface area contributed by atoms with Gasteiger partial charge in [0.1, 0.15) is 5.75 Å². The number of nitrogens with zero attached hydrogens (tertiary/aromatic N) is 1. The van der Waals surface area contributed by atoms with Crippen molar-refractivity contribution < 1.29 is 4.74 Å². The van der Waals surface area contributed by atoms with Crippen LogP contribution in [-0.4, -0.2) is 17.3 Å². The molecule has 0 bridgehead atoms. The van der Waals surface area contributed by atoms with Crippen LogP contribution in [0, 0.1) is 0 Å². The molecule has 2 aromatic rings. The number of rotatable bonds is 3. The molecule has 0 unspecified atom stereocenters. The number of hydrogen-bond donors (Lipinski definition) is 2. The number of aromatic nitrogens is 2. The lowest BCUT2D eigenvalue weighted by Crippen LogP contribution is -1.94. The fourth-order valence-electron chi connectivity index (χ4n) is 1.45. The van der Waals surface area contributed by atoms with E-state index in [2.05, 4.69) is 10.2 Å². The number of ether oxygens (including phenoxy) is 1. The van der Waals surface area contributed by atoms with Crippen LogP contribution in [0.1, 0.15) is 11.3 Å². The quantitative estimate of drug-likeness (QED) is 0.796. The summed E-state index contributed by atoms with van der Waals surface area (Å²) < 4.78 is 5.15. The first-order valence-electron chi connectivity index (χ1n) is 4.70. The lowest BCUT2D eigenvalue weighted by atomic mass is 10.1. The maximum absolute atomic E-state index is 5.73. The van der Waals surface area contributed by atoms with Gasteiger partial charge in [0, 0.05) is 6.42 Å². The fourth-order valence-corrected chi connectivity index (χ4v) is 1.45. The van der Waals surface area contributed by atoms with E-state index in [-0.39, 0.29) is 0 Å². The predicted octanol–water partition coefficient (Wildman–Crippen LogP) is 1.59. The summed E-state index contributed by atoms with van der Waals surface area (Å²) in [6.45, 7) is 0. The molecule has 0 saturated carbocycles. The summed E-state index contributed by atoms with van der Waals surface area (Å²) >= 11 is 0. The first-order chi connectivity index (χ1) is 7.29. The van der Waals surface area contributed by atoms with Crippen molar-refractivity contribution in [1.29, 1.82) is 0 Å². The number of aromatic amines is 1. The molecule has 15 heavy (non-hydrogen) atoms. The van der Waals surface area contributed by atoms with Crippen LogP contribution in [0.25, 0.3) is 0 Å². The van der Waals surface area contributed by atoms with Crippen molar-refractivity contribution in [3.05, 3.63) is 41.7 Å². The Morgan fingerprint density at radius 3 is 3.00 bits per heavy atom.